The van der Waals surface area contributed by atoms with Crippen molar-refractivity contribution in [2.45, 2.75) is 18.8 Å². The summed E-state index contributed by atoms with van der Waals surface area (Å²) in [5.41, 5.74) is 1.06. The Morgan fingerprint density at radius 2 is 2.20 bits per heavy atom. The fraction of sp³-hybridized carbons (Fsp3) is 0.250. The maximum atomic E-state index is 11.8. The van der Waals surface area contributed by atoms with E-state index in [2.05, 4.69) is 15.4 Å². The fourth-order valence-electron chi connectivity index (χ4n) is 2.21. The lowest BCUT2D eigenvalue weighted by atomic mass is 9.92. The molecule has 102 valence electrons. The SMILES string of the molecule is O=C1CCC(c2ccc3nc(C(=O)O)nn3c2)C(=O)N1. The van der Waals surface area contributed by atoms with E-state index >= 15 is 0 Å². The molecular weight excluding hydrogens is 264 g/mol. The second kappa shape index (κ2) is 4.41. The second-order valence-electron chi connectivity index (χ2n) is 4.51. The average molecular weight is 274 g/mol. The molecule has 1 atom stereocenters. The molecule has 3 heterocycles. The van der Waals surface area contributed by atoms with Crippen LogP contribution < -0.4 is 5.32 Å². The number of carboxylic acid groups (broad SMARTS) is 1. The van der Waals surface area contributed by atoms with E-state index in [4.69, 9.17) is 5.11 Å². The molecule has 0 radical (unpaired) electrons. The van der Waals surface area contributed by atoms with Crippen molar-refractivity contribution in [2.75, 3.05) is 0 Å². The van der Waals surface area contributed by atoms with Crippen LogP contribution in [0.1, 0.15) is 34.9 Å². The van der Waals surface area contributed by atoms with Crippen LogP contribution >= 0.6 is 0 Å². The standard InChI is InChI=1S/C12H10N4O4/c17-9-4-2-7(11(18)14-9)6-1-3-8-13-10(12(19)20)15-16(8)5-6/h1,3,5,7H,2,4H2,(H,19,20)(H,14,17,18). The van der Waals surface area contributed by atoms with Crippen LogP contribution in [0.4, 0.5) is 0 Å². The highest BCUT2D eigenvalue weighted by Crippen LogP contribution is 2.24. The number of imide groups is 1. The van der Waals surface area contributed by atoms with Gasteiger partial charge in [0, 0.05) is 12.6 Å². The number of fused-ring (bicyclic) bond motifs is 1. The molecule has 8 nitrogen and oxygen atoms in total. The molecule has 1 unspecified atom stereocenters. The number of aromatic carboxylic acids is 1. The number of aromatic nitrogens is 3. The zero-order valence-corrected chi connectivity index (χ0v) is 10.2. The minimum Gasteiger partial charge on any atom is -0.475 e. The number of carboxylic acids is 1. The molecule has 2 N–H and O–H groups in total. The van der Waals surface area contributed by atoms with E-state index in [1.807, 2.05) is 0 Å². The van der Waals surface area contributed by atoms with Gasteiger partial charge >= 0.3 is 5.97 Å². The van der Waals surface area contributed by atoms with E-state index in [-0.39, 0.29) is 24.1 Å². The van der Waals surface area contributed by atoms with Crippen molar-refractivity contribution >= 4 is 23.4 Å². The molecule has 2 amide bonds. The minimum atomic E-state index is -1.21. The minimum absolute atomic E-state index is 0.277. The quantitative estimate of drug-likeness (QED) is 0.742. The average Bonchev–Trinajstić information content (AvgIpc) is 2.81. The van der Waals surface area contributed by atoms with Crippen molar-refractivity contribution < 1.29 is 19.5 Å². The first-order valence-corrected chi connectivity index (χ1v) is 5.98. The summed E-state index contributed by atoms with van der Waals surface area (Å²) in [6.45, 7) is 0. The predicted octanol–water partition coefficient (Wildman–Crippen LogP) is -0.0523. The van der Waals surface area contributed by atoms with Gasteiger partial charge in [-0.1, -0.05) is 6.07 Å². The van der Waals surface area contributed by atoms with E-state index in [9.17, 15) is 14.4 Å². The van der Waals surface area contributed by atoms with E-state index in [0.29, 0.717) is 17.6 Å². The van der Waals surface area contributed by atoms with Crippen molar-refractivity contribution in [2.24, 2.45) is 0 Å². The van der Waals surface area contributed by atoms with E-state index in [1.165, 1.54) is 4.52 Å². The number of hydrogen-bond donors (Lipinski definition) is 2. The Labute approximate surface area is 112 Å². The van der Waals surface area contributed by atoms with Crippen LogP contribution in [0.15, 0.2) is 18.3 Å². The Morgan fingerprint density at radius 1 is 1.40 bits per heavy atom. The Morgan fingerprint density at radius 3 is 2.90 bits per heavy atom. The Balaban J connectivity index is 1.98. The van der Waals surface area contributed by atoms with E-state index in [0.717, 1.165) is 0 Å². The van der Waals surface area contributed by atoms with Gasteiger partial charge < -0.3 is 5.11 Å². The second-order valence-corrected chi connectivity index (χ2v) is 4.51. The van der Waals surface area contributed by atoms with E-state index < -0.39 is 11.9 Å². The van der Waals surface area contributed by atoms with Crippen LogP contribution in [0.3, 0.4) is 0 Å². The van der Waals surface area contributed by atoms with Gasteiger partial charge in [-0.15, -0.1) is 5.10 Å². The van der Waals surface area contributed by atoms with Gasteiger partial charge in [0.2, 0.25) is 11.8 Å². The van der Waals surface area contributed by atoms with Gasteiger partial charge in [0.15, 0.2) is 5.65 Å². The maximum absolute atomic E-state index is 11.8. The van der Waals surface area contributed by atoms with E-state index in [1.54, 1.807) is 18.3 Å². The summed E-state index contributed by atoms with van der Waals surface area (Å²) in [6.07, 6.45) is 2.28. The lowest BCUT2D eigenvalue weighted by Crippen LogP contribution is -2.39. The maximum Gasteiger partial charge on any atom is 0.375 e. The first kappa shape index (κ1) is 12.3. The number of hydrogen-bond acceptors (Lipinski definition) is 5. The highest BCUT2D eigenvalue weighted by Gasteiger charge is 2.28. The summed E-state index contributed by atoms with van der Waals surface area (Å²) in [5.74, 6) is -2.57. The number of pyridine rings is 1. The van der Waals surface area contributed by atoms with Crippen LogP contribution in [0.5, 0.6) is 0 Å². The van der Waals surface area contributed by atoms with Crippen molar-refractivity contribution in [3.8, 4) is 0 Å². The Hall–Kier alpha value is -2.77. The van der Waals surface area contributed by atoms with Gasteiger partial charge in [0.1, 0.15) is 0 Å². The molecule has 1 saturated heterocycles. The van der Waals surface area contributed by atoms with Crippen LogP contribution in [0.25, 0.3) is 5.65 Å². The van der Waals surface area contributed by atoms with Crippen molar-refractivity contribution in [1.82, 2.24) is 19.9 Å². The van der Waals surface area contributed by atoms with Crippen molar-refractivity contribution in [3.63, 3.8) is 0 Å². The molecular formula is C12H10N4O4. The predicted molar refractivity (Wildman–Crippen MR) is 65.1 cm³/mol. The van der Waals surface area contributed by atoms with Gasteiger partial charge in [0.25, 0.3) is 5.82 Å². The zero-order valence-electron chi connectivity index (χ0n) is 10.2. The van der Waals surface area contributed by atoms with Gasteiger partial charge in [-0.2, -0.15) is 0 Å². The topological polar surface area (TPSA) is 114 Å². The van der Waals surface area contributed by atoms with Gasteiger partial charge in [-0.3, -0.25) is 14.9 Å². The third-order valence-electron chi connectivity index (χ3n) is 3.19. The zero-order chi connectivity index (χ0) is 14.3. The molecule has 0 spiro atoms. The van der Waals surface area contributed by atoms with Crippen LogP contribution in [0, 0.1) is 0 Å². The number of nitrogens with one attached hydrogen (secondary N) is 1. The molecule has 2 aromatic heterocycles. The normalized spacial score (nSPS) is 19.1. The monoisotopic (exact) mass is 274 g/mol. The smallest absolute Gasteiger partial charge is 0.375 e. The highest BCUT2D eigenvalue weighted by atomic mass is 16.4. The van der Waals surface area contributed by atoms with Crippen LogP contribution in [-0.4, -0.2) is 37.5 Å². The van der Waals surface area contributed by atoms with Gasteiger partial charge in [-0.05, 0) is 18.1 Å². The van der Waals surface area contributed by atoms with Gasteiger partial charge in [0.05, 0.1) is 5.92 Å². The summed E-state index contributed by atoms with van der Waals surface area (Å²) in [4.78, 5) is 37.5. The lowest BCUT2D eigenvalue weighted by molar-refractivity contribution is -0.134. The third-order valence-corrected chi connectivity index (χ3v) is 3.19. The summed E-state index contributed by atoms with van der Waals surface area (Å²) in [6, 6.07) is 3.29. The summed E-state index contributed by atoms with van der Waals surface area (Å²) >= 11 is 0. The highest BCUT2D eigenvalue weighted by molar-refractivity contribution is 6.00. The molecule has 2 aromatic rings. The largest absolute Gasteiger partial charge is 0.475 e. The Bertz CT molecular complexity index is 736. The molecule has 1 aliphatic rings. The molecule has 20 heavy (non-hydrogen) atoms. The first-order chi connectivity index (χ1) is 9.54. The molecule has 3 rings (SSSR count). The molecule has 1 fully saturated rings. The van der Waals surface area contributed by atoms with Crippen LogP contribution in [-0.2, 0) is 9.59 Å². The molecule has 0 bridgehead atoms. The summed E-state index contributed by atoms with van der Waals surface area (Å²) in [5, 5.41) is 14.9. The first-order valence-electron chi connectivity index (χ1n) is 5.98. The number of carbonyl (C=O) groups excluding carboxylic acids is 2. The number of rotatable bonds is 2. The number of nitrogens with zero attached hydrogens (tertiary/aromatic N) is 3. The molecule has 0 aromatic carbocycles. The molecule has 0 aliphatic carbocycles. The number of piperidine rings is 1. The van der Waals surface area contributed by atoms with Crippen molar-refractivity contribution in [1.29, 1.82) is 0 Å². The van der Waals surface area contributed by atoms with Crippen molar-refractivity contribution in [3.05, 3.63) is 29.7 Å². The Kier molecular flexibility index (Phi) is 2.70. The fourth-order valence-corrected chi connectivity index (χ4v) is 2.21. The number of amides is 2. The number of carbonyl (C=O) groups is 3. The summed E-state index contributed by atoms with van der Waals surface area (Å²) in [7, 11) is 0. The molecule has 0 saturated carbocycles. The molecule has 1 aliphatic heterocycles. The van der Waals surface area contributed by atoms with Gasteiger partial charge in [-0.25, -0.2) is 14.3 Å². The molecule has 8 heteroatoms. The van der Waals surface area contributed by atoms with Crippen LogP contribution in [0.2, 0.25) is 0 Å². The lowest BCUT2D eigenvalue weighted by Gasteiger charge is -2.20. The third kappa shape index (κ3) is 2.00. The summed E-state index contributed by atoms with van der Waals surface area (Å²) < 4.78 is 1.32.